The molecule has 0 atom stereocenters. The largest absolute Gasteiger partial charge is 0.497 e. The maximum atomic E-state index is 13.2. The van der Waals surface area contributed by atoms with E-state index >= 15 is 0 Å². The number of amides is 1. The van der Waals surface area contributed by atoms with Crippen molar-refractivity contribution in [1.29, 1.82) is 0 Å². The van der Waals surface area contributed by atoms with Crippen molar-refractivity contribution in [3.8, 4) is 17.2 Å². The van der Waals surface area contributed by atoms with Gasteiger partial charge in [-0.3, -0.25) is 4.79 Å². The molecule has 8 nitrogen and oxygen atoms in total. The van der Waals surface area contributed by atoms with Gasteiger partial charge in [0.2, 0.25) is 0 Å². The number of carbonyl (C=O) groups is 1. The fraction of sp³-hybridized carbons (Fsp3) is 0.381. The highest BCUT2D eigenvalue weighted by atomic mass is 32.2. The molecule has 9 heteroatoms. The van der Waals surface area contributed by atoms with Crippen LogP contribution in [0.2, 0.25) is 0 Å². The molecule has 2 rings (SSSR count). The second kappa shape index (κ2) is 10.8. The molecule has 0 aromatic heterocycles. The summed E-state index contributed by atoms with van der Waals surface area (Å²) in [6.07, 6.45) is 1.65. The van der Waals surface area contributed by atoms with Crippen molar-refractivity contribution in [2.45, 2.75) is 13.0 Å². The summed E-state index contributed by atoms with van der Waals surface area (Å²) >= 11 is 0. The Kier molecular flexibility index (Phi) is 8.49. The zero-order valence-corrected chi connectivity index (χ0v) is 18.4. The van der Waals surface area contributed by atoms with Crippen molar-refractivity contribution in [3.05, 3.63) is 53.6 Å². The summed E-state index contributed by atoms with van der Waals surface area (Å²) in [6.45, 7) is 1.33. The van der Waals surface area contributed by atoms with Crippen molar-refractivity contribution in [2.24, 2.45) is 0 Å². The van der Waals surface area contributed by atoms with Crippen LogP contribution in [0.15, 0.2) is 42.5 Å². The van der Waals surface area contributed by atoms with Gasteiger partial charge in [-0.05, 0) is 36.2 Å². The third-order valence-corrected chi connectivity index (χ3v) is 4.70. The number of nitrogens with zero attached hydrogens (tertiary/aromatic N) is 1. The lowest BCUT2D eigenvalue weighted by Gasteiger charge is -2.23. The van der Waals surface area contributed by atoms with Crippen molar-refractivity contribution in [3.63, 3.8) is 0 Å². The molecule has 0 unspecified atom stereocenters. The fourth-order valence-electron chi connectivity index (χ4n) is 2.81. The average Bonchev–Trinajstić information content (AvgIpc) is 2.72. The zero-order valence-electron chi connectivity index (χ0n) is 17.6. The van der Waals surface area contributed by atoms with Crippen molar-refractivity contribution < 1.29 is 31.6 Å². The summed E-state index contributed by atoms with van der Waals surface area (Å²) in [5.74, 6) is 1.09. The van der Waals surface area contributed by atoms with Gasteiger partial charge in [-0.25, -0.2) is 0 Å². The lowest BCUT2D eigenvalue weighted by atomic mass is 10.1. The summed E-state index contributed by atoms with van der Waals surface area (Å²) in [6, 6.07) is 11.6. The first-order chi connectivity index (χ1) is 14.3. The van der Waals surface area contributed by atoms with Gasteiger partial charge in [0, 0.05) is 38.4 Å². The van der Waals surface area contributed by atoms with E-state index in [2.05, 4.69) is 0 Å². The minimum absolute atomic E-state index is 0.181. The Hall–Kier alpha value is -2.78. The van der Waals surface area contributed by atoms with Crippen LogP contribution in [0, 0.1) is 0 Å². The standard InChI is InChI=1S/C21H27NO7S/c1-26-11-5-10-22(15-16-6-8-18(9-7-16)29-30(4,24)25)21(23)17-12-19(27-2)14-20(13-17)28-3/h6-9,12-14H,5,10-11,15H2,1-4H3. The number of hydrogen-bond donors (Lipinski definition) is 0. The Labute approximate surface area is 177 Å². The number of ether oxygens (including phenoxy) is 3. The molecule has 0 bridgehead atoms. The molecule has 30 heavy (non-hydrogen) atoms. The molecule has 164 valence electrons. The van der Waals surface area contributed by atoms with Gasteiger partial charge in [0.1, 0.15) is 17.2 Å². The highest BCUT2D eigenvalue weighted by molar-refractivity contribution is 7.86. The van der Waals surface area contributed by atoms with Crippen LogP contribution in [0.4, 0.5) is 0 Å². The van der Waals surface area contributed by atoms with E-state index in [1.165, 1.54) is 14.2 Å². The lowest BCUT2D eigenvalue weighted by Crippen LogP contribution is -2.32. The van der Waals surface area contributed by atoms with Crippen LogP contribution >= 0.6 is 0 Å². The normalized spacial score (nSPS) is 11.1. The van der Waals surface area contributed by atoms with E-state index in [1.54, 1.807) is 54.5 Å². The van der Waals surface area contributed by atoms with Crippen LogP contribution in [0.25, 0.3) is 0 Å². The third-order valence-electron chi connectivity index (χ3n) is 4.21. The Balaban J connectivity index is 2.24. The van der Waals surface area contributed by atoms with Crippen LogP contribution < -0.4 is 13.7 Å². The first-order valence-corrected chi connectivity index (χ1v) is 11.1. The molecule has 0 aliphatic rings. The zero-order chi connectivity index (χ0) is 22.1. The van der Waals surface area contributed by atoms with Crippen LogP contribution in [0.1, 0.15) is 22.3 Å². The van der Waals surface area contributed by atoms with E-state index in [0.717, 1.165) is 11.8 Å². The number of carbonyl (C=O) groups excluding carboxylic acids is 1. The second-order valence-electron chi connectivity index (χ2n) is 6.61. The van der Waals surface area contributed by atoms with Crippen LogP contribution in [-0.2, 0) is 21.4 Å². The molecule has 0 aliphatic carbocycles. The van der Waals surface area contributed by atoms with Gasteiger partial charge < -0.3 is 23.3 Å². The quantitative estimate of drug-likeness (QED) is 0.394. The van der Waals surface area contributed by atoms with Gasteiger partial charge in [0.15, 0.2) is 0 Å². The minimum atomic E-state index is -3.59. The number of benzene rings is 2. The number of methoxy groups -OCH3 is 3. The monoisotopic (exact) mass is 437 g/mol. The van der Waals surface area contributed by atoms with Crippen LogP contribution in [0.3, 0.4) is 0 Å². The van der Waals surface area contributed by atoms with E-state index in [-0.39, 0.29) is 11.7 Å². The predicted octanol–water partition coefficient (Wildman–Crippen LogP) is 2.72. The Morgan fingerprint density at radius 3 is 2.03 bits per heavy atom. The second-order valence-corrected chi connectivity index (χ2v) is 8.18. The maximum absolute atomic E-state index is 13.2. The molecular formula is C21H27NO7S. The molecule has 0 aliphatic heterocycles. The first-order valence-electron chi connectivity index (χ1n) is 9.25. The first kappa shape index (κ1) is 23.5. The Morgan fingerprint density at radius 2 is 1.53 bits per heavy atom. The van der Waals surface area contributed by atoms with Gasteiger partial charge in [0.05, 0.1) is 20.5 Å². The molecule has 1 amide bonds. The third kappa shape index (κ3) is 7.23. The molecule has 0 radical (unpaired) electrons. The van der Waals surface area contributed by atoms with E-state index < -0.39 is 10.1 Å². The number of hydrogen-bond acceptors (Lipinski definition) is 7. The summed E-state index contributed by atoms with van der Waals surface area (Å²) < 4.78 is 43.0. The van der Waals surface area contributed by atoms with Crippen LogP contribution in [0.5, 0.6) is 17.2 Å². The summed E-state index contributed by atoms with van der Waals surface area (Å²) in [4.78, 5) is 14.9. The number of rotatable bonds is 11. The smallest absolute Gasteiger partial charge is 0.306 e. The van der Waals surface area contributed by atoms with Gasteiger partial charge in [-0.1, -0.05) is 12.1 Å². The fourth-order valence-corrected chi connectivity index (χ4v) is 3.27. The summed E-state index contributed by atoms with van der Waals surface area (Å²) in [5, 5.41) is 0. The summed E-state index contributed by atoms with van der Waals surface area (Å²) in [7, 11) is 1.07. The predicted molar refractivity (Wildman–Crippen MR) is 113 cm³/mol. The Bertz CT molecular complexity index is 920. The lowest BCUT2D eigenvalue weighted by molar-refractivity contribution is 0.0723. The van der Waals surface area contributed by atoms with Gasteiger partial charge in [-0.15, -0.1) is 0 Å². The highest BCUT2D eigenvalue weighted by Crippen LogP contribution is 2.24. The van der Waals surface area contributed by atoms with Crippen molar-refractivity contribution in [2.75, 3.05) is 40.7 Å². The minimum Gasteiger partial charge on any atom is -0.497 e. The summed E-state index contributed by atoms with van der Waals surface area (Å²) in [5.41, 5.74) is 1.28. The molecule has 0 saturated heterocycles. The molecule has 0 heterocycles. The topological polar surface area (TPSA) is 91.4 Å². The van der Waals surface area contributed by atoms with Crippen molar-refractivity contribution >= 4 is 16.0 Å². The van der Waals surface area contributed by atoms with Gasteiger partial charge >= 0.3 is 10.1 Å². The van der Waals surface area contributed by atoms with Crippen LogP contribution in [-0.4, -0.2) is 60.0 Å². The molecule has 0 saturated carbocycles. The van der Waals surface area contributed by atoms with Crippen molar-refractivity contribution in [1.82, 2.24) is 4.90 Å². The van der Waals surface area contributed by atoms with E-state index in [4.69, 9.17) is 18.4 Å². The maximum Gasteiger partial charge on any atom is 0.306 e. The highest BCUT2D eigenvalue weighted by Gasteiger charge is 2.18. The van der Waals surface area contributed by atoms with Gasteiger partial charge in [0.25, 0.3) is 5.91 Å². The molecule has 2 aromatic rings. The van der Waals surface area contributed by atoms with E-state index in [0.29, 0.717) is 43.2 Å². The Morgan fingerprint density at radius 1 is 0.933 bits per heavy atom. The molecular weight excluding hydrogens is 410 g/mol. The molecule has 2 aromatic carbocycles. The van der Waals surface area contributed by atoms with Gasteiger partial charge in [-0.2, -0.15) is 8.42 Å². The van der Waals surface area contributed by atoms with E-state index in [1.807, 2.05) is 0 Å². The molecule has 0 fully saturated rings. The average molecular weight is 438 g/mol. The SMILES string of the molecule is COCCCN(Cc1ccc(OS(C)(=O)=O)cc1)C(=O)c1cc(OC)cc(OC)c1. The molecule has 0 spiro atoms. The van der Waals surface area contributed by atoms with E-state index in [9.17, 15) is 13.2 Å². The molecule has 0 N–H and O–H groups in total.